The molecule has 1 amide bonds. The van der Waals surface area contributed by atoms with Crippen LogP contribution in [0.2, 0.25) is 0 Å². The van der Waals surface area contributed by atoms with Crippen LogP contribution in [0.15, 0.2) is 4.99 Å². The van der Waals surface area contributed by atoms with Crippen LogP contribution in [0.25, 0.3) is 0 Å². The standard InChI is InChI=1S/C10H20N4O2S/c1-10(2,3)16-9(15)13-6-5-12-8(17)14-7-11-4/h7H,5-6H2,1-4H3,(H,13,15)(H2,11,12,14,17). The molecule has 0 fully saturated rings. The first kappa shape index (κ1) is 15.6. The summed E-state index contributed by atoms with van der Waals surface area (Å²) in [5.41, 5.74) is -0.480. The Morgan fingerprint density at radius 2 is 1.94 bits per heavy atom. The lowest BCUT2D eigenvalue weighted by Gasteiger charge is -2.19. The maximum absolute atomic E-state index is 11.2. The van der Waals surface area contributed by atoms with E-state index in [1.54, 1.807) is 7.05 Å². The van der Waals surface area contributed by atoms with E-state index in [0.717, 1.165) is 0 Å². The second-order valence-corrected chi connectivity index (χ2v) is 4.62. The molecule has 0 aromatic heterocycles. The number of alkyl carbamates (subject to hydrolysis) is 1. The predicted molar refractivity (Wildman–Crippen MR) is 72.4 cm³/mol. The van der Waals surface area contributed by atoms with E-state index >= 15 is 0 Å². The predicted octanol–water partition coefficient (Wildman–Crippen LogP) is 0.633. The highest BCUT2D eigenvalue weighted by molar-refractivity contribution is 7.80. The molecule has 0 bridgehead atoms. The van der Waals surface area contributed by atoms with Crippen LogP contribution in [0.3, 0.4) is 0 Å². The van der Waals surface area contributed by atoms with Crippen LogP contribution in [0.1, 0.15) is 20.8 Å². The van der Waals surface area contributed by atoms with Gasteiger partial charge in [0.25, 0.3) is 0 Å². The van der Waals surface area contributed by atoms with Crippen molar-refractivity contribution in [3.63, 3.8) is 0 Å². The molecule has 0 heterocycles. The minimum atomic E-state index is -0.480. The average Bonchev–Trinajstić information content (AvgIpc) is 2.19. The van der Waals surface area contributed by atoms with E-state index < -0.39 is 11.7 Å². The molecular weight excluding hydrogens is 240 g/mol. The number of nitrogens with zero attached hydrogens (tertiary/aromatic N) is 1. The lowest BCUT2D eigenvalue weighted by Crippen LogP contribution is -2.40. The molecule has 0 aliphatic carbocycles. The summed E-state index contributed by atoms with van der Waals surface area (Å²) in [4.78, 5) is 15.0. The van der Waals surface area contributed by atoms with Crippen molar-refractivity contribution in [2.24, 2.45) is 4.99 Å². The molecule has 0 unspecified atom stereocenters. The van der Waals surface area contributed by atoms with E-state index in [1.165, 1.54) is 6.34 Å². The Bertz CT molecular complexity index is 287. The van der Waals surface area contributed by atoms with Crippen molar-refractivity contribution in [3.05, 3.63) is 0 Å². The molecule has 98 valence electrons. The number of hydrogen-bond donors (Lipinski definition) is 3. The molecule has 0 saturated carbocycles. The molecular formula is C10H20N4O2S. The molecule has 0 aliphatic rings. The molecule has 0 aromatic carbocycles. The zero-order chi connectivity index (χ0) is 13.3. The van der Waals surface area contributed by atoms with Crippen LogP contribution in [0.4, 0.5) is 4.79 Å². The van der Waals surface area contributed by atoms with Gasteiger partial charge in [0, 0.05) is 20.1 Å². The molecule has 0 rings (SSSR count). The highest BCUT2D eigenvalue weighted by Gasteiger charge is 2.15. The third-order valence-corrected chi connectivity index (χ3v) is 1.67. The monoisotopic (exact) mass is 260 g/mol. The van der Waals surface area contributed by atoms with Gasteiger partial charge >= 0.3 is 6.09 Å². The summed E-state index contributed by atoms with van der Waals surface area (Å²) >= 11 is 4.93. The number of ether oxygens (including phenoxy) is 1. The maximum Gasteiger partial charge on any atom is 0.407 e. The van der Waals surface area contributed by atoms with Crippen molar-refractivity contribution in [1.82, 2.24) is 16.0 Å². The number of nitrogens with one attached hydrogen (secondary N) is 3. The molecule has 0 atom stereocenters. The third kappa shape index (κ3) is 10.9. The van der Waals surface area contributed by atoms with Crippen LogP contribution in [0, 0.1) is 0 Å². The van der Waals surface area contributed by atoms with Gasteiger partial charge in [-0.1, -0.05) is 0 Å². The highest BCUT2D eigenvalue weighted by Crippen LogP contribution is 2.05. The molecule has 7 heteroatoms. The second kappa shape index (κ2) is 7.83. The highest BCUT2D eigenvalue weighted by atomic mass is 32.1. The lowest BCUT2D eigenvalue weighted by molar-refractivity contribution is 0.0529. The Morgan fingerprint density at radius 1 is 1.35 bits per heavy atom. The number of carbonyl (C=O) groups is 1. The summed E-state index contributed by atoms with van der Waals surface area (Å²) < 4.78 is 5.06. The quantitative estimate of drug-likeness (QED) is 0.299. The summed E-state index contributed by atoms with van der Waals surface area (Å²) in [5.74, 6) is 0. The van der Waals surface area contributed by atoms with Gasteiger partial charge in [-0.3, -0.25) is 4.99 Å². The average molecular weight is 260 g/mol. The largest absolute Gasteiger partial charge is 0.444 e. The normalized spacial score (nSPS) is 11.1. The van der Waals surface area contributed by atoms with E-state index in [1.807, 2.05) is 20.8 Å². The zero-order valence-corrected chi connectivity index (χ0v) is 11.5. The molecule has 0 aromatic rings. The molecule has 6 nitrogen and oxygen atoms in total. The van der Waals surface area contributed by atoms with Crippen LogP contribution in [-0.2, 0) is 4.74 Å². The third-order valence-electron chi connectivity index (χ3n) is 1.40. The van der Waals surface area contributed by atoms with Gasteiger partial charge in [-0.05, 0) is 33.0 Å². The lowest BCUT2D eigenvalue weighted by atomic mass is 10.2. The van der Waals surface area contributed by atoms with Crippen molar-refractivity contribution in [2.45, 2.75) is 26.4 Å². The molecule has 0 saturated heterocycles. The Morgan fingerprint density at radius 3 is 2.47 bits per heavy atom. The van der Waals surface area contributed by atoms with Crippen LogP contribution >= 0.6 is 12.2 Å². The van der Waals surface area contributed by atoms with Gasteiger partial charge in [0.1, 0.15) is 5.60 Å². The summed E-state index contributed by atoms with van der Waals surface area (Å²) in [5, 5.41) is 8.70. The van der Waals surface area contributed by atoms with Crippen molar-refractivity contribution in [1.29, 1.82) is 0 Å². The fourth-order valence-corrected chi connectivity index (χ4v) is 0.984. The van der Waals surface area contributed by atoms with Crippen molar-refractivity contribution < 1.29 is 9.53 Å². The van der Waals surface area contributed by atoms with Crippen molar-refractivity contribution >= 4 is 29.8 Å². The molecule has 0 spiro atoms. The first-order valence-corrected chi connectivity index (χ1v) is 5.68. The second-order valence-electron chi connectivity index (χ2n) is 4.22. The van der Waals surface area contributed by atoms with E-state index in [2.05, 4.69) is 20.9 Å². The van der Waals surface area contributed by atoms with Gasteiger partial charge in [0.2, 0.25) is 0 Å². The van der Waals surface area contributed by atoms with Crippen LogP contribution < -0.4 is 16.0 Å². The van der Waals surface area contributed by atoms with Crippen LogP contribution in [-0.4, -0.2) is 43.3 Å². The van der Waals surface area contributed by atoms with E-state index in [-0.39, 0.29) is 0 Å². The fraction of sp³-hybridized carbons (Fsp3) is 0.700. The number of hydrogen-bond acceptors (Lipinski definition) is 4. The van der Waals surface area contributed by atoms with E-state index in [0.29, 0.717) is 18.2 Å². The summed E-state index contributed by atoms with van der Waals surface area (Å²) in [6, 6.07) is 0. The Balaban J connectivity index is 3.58. The van der Waals surface area contributed by atoms with Gasteiger partial charge in [0.15, 0.2) is 5.11 Å². The van der Waals surface area contributed by atoms with Crippen LogP contribution in [0.5, 0.6) is 0 Å². The Labute approximate surface area is 107 Å². The number of carbonyl (C=O) groups excluding carboxylic acids is 1. The number of thiocarbonyl (C=S) groups is 1. The zero-order valence-electron chi connectivity index (χ0n) is 10.7. The van der Waals surface area contributed by atoms with Crippen molar-refractivity contribution in [3.8, 4) is 0 Å². The van der Waals surface area contributed by atoms with Gasteiger partial charge in [-0.2, -0.15) is 0 Å². The first-order chi connectivity index (χ1) is 7.85. The van der Waals surface area contributed by atoms with Gasteiger partial charge < -0.3 is 20.7 Å². The topological polar surface area (TPSA) is 74.8 Å². The summed E-state index contributed by atoms with van der Waals surface area (Å²) in [6.07, 6.45) is 1.05. The SMILES string of the molecule is CN=CNC(=S)NCCNC(=O)OC(C)(C)C. The van der Waals surface area contributed by atoms with Gasteiger partial charge in [-0.25, -0.2) is 4.79 Å². The summed E-state index contributed by atoms with van der Waals surface area (Å²) in [7, 11) is 1.64. The van der Waals surface area contributed by atoms with E-state index in [9.17, 15) is 4.79 Å². The number of amides is 1. The minimum Gasteiger partial charge on any atom is -0.444 e. The Hall–Kier alpha value is -1.37. The molecule has 0 radical (unpaired) electrons. The van der Waals surface area contributed by atoms with Gasteiger partial charge in [0.05, 0.1) is 6.34 Å². The fourth-order valence-electron chi connectivity index (χ4n) is 0.829. The molecule has 0 aliphatic heterocycles. The number of rotatable bonds is 4. The minimum absolute atomic E-state index is 0.431. The smallest absolute Gasteiger partial charge is 0.407 e. The van der Waals surface area contributed by atoms with Gasteiger partial charge in [-0.15, -0.1) is 0 Å². The van der Waals surface area contributed by atoms with E-state index in [4.69, 9.17) is 17.0 Å². The first-order valence-electron chi connectivity index (χ1n) is 5.27. The number of aliphatic imine (C=N–C) groups is 1. The molecule has 17 heavy (non-hydrogen) atoms. The summed E-state index contributed by atoms with van der Waals surface area (Å²) in [6.45, 7) is 6.39. The maximum atomic E-state index is 11.2. The Kier molecular flexibility index (Phi) is 7.20. The van der Waals surface area contributed by atoms with Crippen molar-refractivity contribution in [2.75, 3.05) is 20.1 Å². The molecule has 3 N–H and O–H groups in total.